The predicted molar refractivity (Wildman–Crippen MR) is 134 cm³/mol. The SMILES string of the molecule is COc1cc(/C=C(C(=O)O)/C(=C\c2ccc3c(c2)OCO3)C(=O)N2CCC[C@H]2CO)cc(OC)c1OC. The maximum atomic E-state index is 13.8. The number of aliphatic carboxylic acids is 1. The van der Waals surface area contributed by atoms with Gasteiger partial charge in [-0.2, -0.15) is 0 Å². The molecular formula is C27H29NO9. The number of likely N-dealkylation sites (tertiary alicyclic amines) is 1. The van der Waals surface area contributed by atoms with Gasteiger partial charge in [0.05, 0.1) is 45.1 Å². The van der Waals surface area contributed by atoms with Crippen LogP contribution in [0.3, 0.4) is 0 Å². The van der Waals surface area contributed by atoms with E-state index in [1.54, 1.807) is 30.3 Å². The summed E-state index contributed by atoms with van der Waals surface area (Å²) in [6.45, 7) is 0.295. The van der Waals surface area contributed by atoms with Crippen molar-refractivity contribution in [2.24, 2.45) is 0 Å². The molecule has 0 spiro atoms. The zero-order chi connectivity index (χ0) is 26.5. The second kappa shape index (κ2) is 11.3. The molecule has 1 atom stereocenters. The van der Waals surface area contributed by atoms with Crippen molar-refractivity contribution >= 4 is 24.0 Å². The maximum absolute atomic E-state index is 13.8. The third-order valence-electron chi connectivity index (χ3n) is 6.31. The van der Waals surface area contributed by atoms with Crippen LogP contribution in [0.25, 0.3) is 12.2 Å². The first kappa shape index (κ1) is 25.9. The Kier molecular flexibility index (Phi) is 7.88. The van der Waals surface area contributed by atoms with Crippen LogP contribution in [0.5, 0.6) is 28.7 Å². The van der Waals surface area contributed by atoms with Crippen molar-refractivity contribution in [1.82, 2.24) is 4.90 Å². The van der Waals surface area contributed by atoms with E-state index in [2.05, 4.69) is 0 Å². The second-order valence-electron chi connectivity index (χ2n) is 8.47. The molecule has 1 fully saturated rings. The van der Waals surface area contributed by atoms with Gasteiger partial charge < -0.3 is 38.8 Å². The molecule has 37 heavy (non-hydrogen) atoms. The van der Waals surface area contributed by atoms with Crippen LogP contribution in [0.15, 0.2) is 41.5 Å². The fourth-order valence-corrected chi connectivity index (χ4v) is 4.48. The summed E-state index contributed by atoms with van der Waals surface area (Å²) in [5, 5.41) is 20.0. The Balaban J connectivity index is 1.86. The van der Waals surface area contributed by atoms with Crippen molar-refractivity contribution in [1.29, 1.82) is 0 Å². The third-order valence-corrected chi connectivity index (χ3v) is 6.31. The Morgan fingerprint density at radius 3 is 2.27 bits per heavy atom. The predicted octanol–water partition coefficient (Wildman–Crippen LogP) is 2.98. The quantitative estimate of drug-likeness (QED) is 0.386. The van der Waals surface area contributed by atoms with E-state index in [1.165, 1.54) is 38.4 Å². The number of hydrogen-bond acceptors (Lipinski definition) is 8. The molecule has 2 N–H and O–H groups in total. The molecule has 2 aliphatic heterocycles. The molecule has 4 rings (SSSR count). The highest BCUT2D eigenvalue weighted by Gasteiger charge is 2.33. The number of nitrogens with zero attached hydrogens (tertiary/aromatic N) is 1. The topological polar surface area (TPSA) is 124 Å². The molecule has 196 valence electrons. The van der Waals surface area contributed by atoms with Crippen LogP contribution >= 0.6 is 0 Å². The van der Waals surface area contributed by atoms with Gasteiger partial charge in [0.1, 0.15) is 0 Å². The zero-order valence-electron chi connectivity index (χ0n) is 20.9. The molecular weight excluding hydrogens is 482 g/mol. The van der Waals surface area contributed by atoms with E-state index in [1.807, 2.05) is 0 Å². The number of benzene rings is 2. The van der Waals surface area contributed by atoms with Crippen LogP contribution in [0.1, 0.15) is 24.0 Å². The molecule has 0 aliphatic carbocycles. The van der Waals surface area contributed by atoms with Gasteiger partial charge in [-0.3, -0.25) is 4.79 Å². The van der Waals surface area contributed by atoms with Gasteiger partial charge in [0.2, 0.25) is 12.5 Å². The van der Waals surface area contributed by atoms with Crippen molar-refractivity contribution in [2.45, 2.75) is 18.9 Å². The van der Waals surface area contributed by atoms with Crippen LogP contribution in [0.4, 0.5) is 0 Å². The van der Waals surface area contributed by atoms with Gasteiger partial charge in [0, 0.05) is 6.54 Å². The molecule has 10 nitrogen and oxygen atoms in total. The van der Waals surface area contributed by atoms with Crippen molar-refractivity contribution in [3.8, 4) is 28.7 Å². The average molecular weight is 512 g/mol. The molecule has 0 radical (unpaired) electrons. The van der Waals surface area contributed by atoms with Crippen LogP contribution in [-0.4, -0.2) is 74.3 Å². The number of methoxy groups -OCH3 is 3. The molecule has 0 unspecified atom stereocenters. The Bertz CT molecular complexity index is 1230. The molecule has 2 aliphatic rings. The number of ether oxygens (including phenoxy) is 5. The number of carbonyl (C=O) groups excluding carboxylic acids is 1. The third kappa shape index (κ3) is 5.34. The molecule has 1 amide bonds. The minimum atomic E-state index is -1.30. The largest absolute Gasteiger partial charge is 0.493 e. The summed E-state index contributed by atoms with van der Waals surface area (Å²) in [7, 11) is 4.39. The van der Waals surface area contributed by atoms with Crippen LogP contribution < -0.4 is 23.7 Å². The normalized spacial score (nSPS) is 17.1. The number of carbonyl (C=O) groups is 2. The first-order valence-electron chi connectivity index (χ1n) is 11.7. The van der Waals surface area contributed by atoms with Gasteiger partial charge in [-0.1, -0.05) is 6.07 Å². The van der Waals surface area contributed by atoms with Crippen molar-refractivity contribution in [3.63, 3.8) is 0 Å². The number of carboxylic acid groups (broad SMARTS) is 1. The number of carboxylic acids is 1. The number of hydrogen-bond donors (Lipinski definition) is 2. The van der Waals surface area contributed by atoms with E-state index in [0.717, 1.165) is 0 Å². The number of rotatable bonds is 9. The highest BCUT2D eigenvalue weighted by molar-refractivity contribution is 6.14. The van der Waals surface area contributed by atoms with Gasteiger partial charge in [-0.15, -0.1) is 0 Å². The minimum Gasteiger partial charge on any atom is -0.493 e. The Labute approximate surface area is 214 Å². The molecule has 0 aromatic heterocycles. The summed E-state index contributed by atoms with van der Waals surface area (Å²) in [6, 6.07) is 7.91. The fraction of sp³-hybridized carbons (Fsp3) is 0.333. The van der Waals surface area contributed by atoms with E-state index in [4.69, 9.17) is 23.7 Å². The van der Waals surface area contributed by atoms with E-state index in [0.29, 0.717) is 59.3 Å². The molecule has 0 bridgehead atoms. The summed E-state index contributed by atoms with van der Waals surface area (Å²) in [6.07, 6.45) is 4.24. The van der Waals surface area contributed by atoms with E-state index in [-0.39, 0.29) is 30.6 Å². The highest BCUT2D eigenvalue weighted by atomic mass is 16.7. The lowest BCUT2D eigenvalue weighted by Gasteiger charge is -2.25. The lowest BCUT2D eigenvalue weighted by molar-refractivity contribution is -0.134. The Morgan fingerprint density at radius 2 is 1.65 bits per heavy atom. The lowest BCUT2D eigenvalue weighted by atomic mass is 9.98. The molecule has 0 saturated carbocycles. The first-order chi connectivity index (χ1) is 17.9. The Morgan fingerprint density at radius 1 is 0.973 bits per heavy atom. The molecule has 2 heterocycles. The summed E-state index contributed by atoms with van der Waals surface area (Å²) in [5.74, 6) is 0.311. The summed E-state index contributed by atoms with van der Waals surface area (Å²) in [5.41, 5.74) is 0.710. The number of fused-ring (bicyclic) bond motifs is 1. The highest BCUT2D eigenvalue weighted by Crippen LogP contribution is 2.39. The first-order valence-corrected chi connectivity index (χ1v) is 11.7. The van der Waals surface area contributed by atoms with Crippen molar-refractivity contribution in [3.05, 3.63) is 52.6 Å². The van der Waals surface area contributed by atoms with E-state index >= 15 is 0 Å². The van der Waals surface area contributed by atoms with Crippen LogP contribution in [0, 0.1) is 0 Å². The standard InChI is InChI=1S/C27H29NO9/c1-33-23-12-17(13-24(34-2)25(23)35-3)10-20(27(31)32)19(26(30)28-8-4-5-18(28)14-29)9-16-6-7-21-22(11-16)37-15-36-21/h6-7,9-13,18,29H,4-5,8,14-15H2,1-3H3,(H,31,32)/b19-9+,20-10-/t18-/m0/s1. The van der Waals surface area contributed by atoms with Gasteiger partial charge in [-0.25, -0.2) is 4.79 Å². The monoisotopic (exact) mass is 511 g/mol. The Hall–Kier alpha value is -4.18. The lowest BCUT2D eigenvalue weighted by Crippen LogP contribution is -2.39. The maximum Gasteiger partial charge on any atom is 0.336 e. The summed E-state index contributed by atoms with van der Waals surface area (Å²) < 4.78 is 26.9. The molecule has 2 aromatic rings. The van der Waals surface area contributed by atoms with E-state index < -0.39 is 11.9 Å². The van der Waals surface area contributed by atoms with Crippen LogP contribution in [0.2, 0.25) is 0 Å². The number of amides is 1. The smallest absolute Gasteiger partial charge is 0.336 e. The fourth-order valence-electron chi connectivity index (χ4n) is 4.48. The van der Waals surface area contributed by atoms with Gasteiger partial charge in [0.25, 0.3) is 5.91 Å². The molecule has 10 heteroatoms. The summed E-state index contributed by atoms with van der Waals surface area (Å²) >= 11 is 0. The van der Waals surface area contributed by atoms with Gasteiger partial charge in [0.15, 0.2) is 23.0 Å². The van der Waals surface area contributed by atoms with E-state index in [9.17, 15) is 19.8 Å². The summed E-state index contributed by atoms with van der Waals surface area (Å²) in [4.78, 5) is 27.8. The van der Waals surface area contributed by atoms with Gasteiger partial charge >= 0.3 is 5.97 Å². The number of aliphatic hydroxyl groups is 1. The minimum absolute atomic E-state index is 0.0412. The average Bonchev–Trinajstić information content (AvgIpc) is 3.58. The van der Waals surface area contributed by atoms with Crippen LogP contribution in [-0.2, 0) is 9.59 Å². The van der Waals surface area contributed by atoms with Crippen molar-refractivity contribution < 1.29 is 43.5 Å². The van der Waals surface area contributed by atoms with Crippen molar-refractivity contribution in [2.75, 3.05) is 41.3 Å². The molecule has 1 saturated heterocycles. The second-order valence-corrected chi connectivity index (χ2v) is 8.47. The molecule has 2 aromatic carbocycles. The van der Waals surface area contributed by atoms with Gasteiger partial charge in [-0.05, 0) is 60.4 Å². The zero-order valence-corrected chi connectivity index (χ0v) is 20.9. The number of aliphatic hydroxyl groups excluding tert-OH is 1.